The molecule has 1 aromatic carbocycles. The van der Waals surface area contributed by atoms with E-state index >= 15 is 0 Å². The van der Waals surface area contributed by atoms with Crippen LogP contribution in [0.5, 0.6) is 5.75 Å². The maximum Gasteiger partial charge on any atom is 0.246 e. The Labute approximate surface area is 429 Å². The van der Waals surface area contributed by atoms with Gasteiger partial charge in [-0.3, -0.25) is 43.2 Å². The summed E-state index contributed by atoms with van der Waals surface area (Å²) in [4.78, 5) is 142. The summed E-state index contributed by atoms with van der Waals surface area (Å²) < 4.78 is 5.35. The Hall–Kier alpha value is -5.75. The van der Waals surface area contributed by atoms with E-state index in [4.69, 9.17) is 4.74 Å². The molecule has 1 N–H and O–H groups in total. The molecule has 0 saturated carbocycles. The Kier molecular flexibility index (Phi) is 22.1. The molecule has 2 heterocycles. The second-order valence-electron chi connectivity index (χ2n) is 21.4. The molecule has 1 aromatic rings. The third-order valence-electron chi connectivity index (χ3n) is 14.8. The second-order valence-corrected chi connectivity index (χ2v) is 21.4. The average molecular weight is 1010 g/mol. The van der Waals surface area contributed by atoms with Crippen LogP contribution in [0.3, 0.4) is 0 Å². The average Bonchev–Trinajstić information content (AvgIpc) is 3.83. The van der Waals surface area contributed by atoms with Crippen LogP contribution < -0.4 is 10.1 Å². The molecule has 9 amide bonds. The van der Waals surface area contributed by atoms with Gasteiger partial charge in [0.2, 0.25) is 53.2 Å². The molecule has 404 valence electrons. The zero-order chi connectivity index (χ0) is 54.8. The third kappa shape index (κ3) is 14.3. The van der Waals surface area contributed by atoms with Crippen molar-refractivity contribution >= 4 is 53.2 Å². The molecule has 2 aliphatic rings. The summed E-state index contributed by atoms with van der Waals surface area (Å²) in [5.74, 6) is -5.21. The highest BCUT2D eigenvalue weighted by molar-refractivity contribution is 5.99. The number of nitrogens with one attached hydrogen (secondary N) is 1. The lowest BCUT2D eigenvalue weighted by Crippen LogP contribution is -2.62. The van der Waals surface area contributed by atoms with Crippen LogP contribution in [0.1, 0.15) is 107 Å². The summed E-state index contributed by atoms with van der Waals surface area (Å²) >= 11 is 0. The zero-order valence-corrected chi connectivity index (χ0v) is 46.6. The molecule has 2 fully saturated rings. The Morgan fingerprint density at radius 2 is 1.11 bits per heavy atom. The monoisotopic (exact) mass is 1010 g/mol. The summed E-state index contributed by atoms with van der Waals surface area (Å²) in [7, 11) is 12.0. The van der Waals surface area contributed by atoms with Crippen molar-refractivity contribution in [2.24, 2.45) is 23.7 Å². The summed E-state index contributed by atoms with van der Waals surface area (Å²) in [5.41, 5.74) is 0.688. The van der Waals surface area contributed by atoms with Crippen LogP contribution in [-0.4, -0.2) is 210 Å². The van der Waals surface area contributed by atoms with Gasteiger partial charge in [-0.1, -0.05) is 73.9 Å². The van der Waals surface area contributed by atoms with E-state index in [9.17, 15) is 43.2 Å². The largest absolute Gasteiger partial charge is 0.497 e. The first-order valence-corrected chi connectivity index (χ1v) is 25.6. The highest BCUT2D eigenvalue weighted by Gasteiger charge is 2.45. The Morgan fingerprint density at radius 1 is 0.597 bits per heavy atom. The number of benzene rings is 1. The number of methoxy groups -OCH3 is 1. The standard InChI is InChI=1S/C53H87N9O10/c1-19-34(8)45-53(71)56(12)36(10)48(66)55(11)30-43(63)57(13)42(28-32(4)5)51(69)62-26-20-21-39(62)49(67)58(14)40(29-37-22-24-38(72-18)25-23-37)46(64)54-35(9)47(65)60(16)44(33(6)7)52(70)59(15)41(27-31(2)3)50(68)61(45)17/h22-25,31-36,39-42,44-45H,19-21,26-30H2,1-18H3,(H,54,64). The van der Waals surface area contributed by atoms with Gasteiger partial charge in [0.1, 0.15) is 54.1 Å². The van der Waals surface area contributed by atoms with Gasteiger partial charge >= 0.3 is 0 Å². The molecule has 3 rings (SSSR count). The molecule has 2 aliphatic heterocycles. The molecule has 0 aliphatic carbocycles. The van der Waals surface area contributed by atoms with Gasteiger partial charge in [-0.05, 0) is 80.9 Å². The van der Waals surface area contributed by atoms with Crippen LogP contribution in [0.2, 0.25) is 0 Å². The molecule has 72 heavy (non-hydrogen) atoms. The van der Waals surface area contributed by atoms with Gasteiger partial charge in [0.15, 0.2) is 0 Å². The van der Waals surface area contributed by atoms with E-state index in [2.05, 4.69) is 5.32 Å². The first-order valence-electron chi connectivity index (χ1n) is 25.6. The van der Waals surface area contributed by atoms with E-state index in [1.807, 2.05) is 41.5 Å². The number of hydrogen-bond acceptors (Lipinski definition) is 10. The fourth-order valence-corrected chi connectivity index (χ4v) is 9.91. The molecule has 9 atom stereocenters. The third-order valence-corrected chi connectivity index (χ3v) is 14.8. The molecule has 9 unspecified atom stereocenters. The molecule has 0 spiro atoms. The normalized spacial score (nSPS) is 26.7. The van der Waals surface area contributed by atoms with E-state index in [0.29, 0.717) is 30.6 Å². The summed E-state index contributed by atoms with van der Waals surface area (Å²) in [6.45, 7) is 17.8. The van der Waals surface area contributed by atoms with Crippen molar-refractivity contribution in [2.75, 3.05) is 69.5 Å². The lowest BCUT2D eigenvalue weighted by molar-refractivity contribution is -0.157. The van der Waals surface area contributed by atoms with Crippen LogP contribution in [-0.2, 0) is 49.6 Å². The number of ether oxygens (including phenoxy) is 1. The van der Waals surface area contributed by atoms with Crippen LogP contribution >= 0.6 is 0 Å². The molecule has 0 aromatic heterocycles. The summed E-state index contributed by atoms with van der Waals surface area (Å²) in [6.07, 6.45) is 1.79. The summed E-state index contributed by atoms with van der Waals surface area (Å²) in [6, 6.07) is -1.59. The van der Waals surface area contributed by atoms with E-state index in [1.54, 1.807) is 45.0 Å². The highest BCUT2D eigenvalue weighted by atomic mass is 16.5. The Morgan fingerprint density at radius 3 is 1.62 bits per heavy atom. The lowest BCUT2D eigenvalue weighted by atomic mass is 9.93. The van der Waals surface area contributed by atoms with Crippen LogP contribution in [0.15, 0.2) is 24.3 Å². The van der Waals surface area contributed by atoms with Crippen molar-refractivity contribution in [3.8, 4) is 5.75 Å². The molecule has 19 heteroatoms. The van der Waals surface area contributed by atoms with Crippen molar-refractivity contribution in [1.82, 2.24) is 44.5 Å². The number of rotatable bonds is 10. The quantitative estimate of drug-likeness (QED) is 0.364. The Balaban J connectivity index is 2.26. The van der Waals surface area contributed by atoms with Crippen molar-refractivity contribution in [2.45, 2.75) is 156 Å². The van der Waals surface area contributed by atoms with Crippen LogP contribution in [0.25, 0.3) is 0 Å². The minimum atomic E-state index is -1.19. The molecule has 0 bridgehead atoms. The number of fused-ring (bicyclic) bond motifs is 1. The molecule has 19 nitrogen and oxygen atoms in total. The van der Waals surface area contributed by atoms with Gasteiger partial charge in [0, 0.05) is 62.3 Å². The first kappa shape index (κ1) is 60.6. The predicted molar refractivity (Wildman–Crippen MR) is 275 cm³/mol. The fraction of sp³-hybridized carbons (Fsp3) is 0.717. The number of amides is 9. The molecule has 2 saturated heterocycles. The topological polar surface area (TPSA) is 201 Å². The van der Waals surface area contributed by atoms with Gasteiger partial charge in [-0.2, -0.15) is 0 Å². The SMILES string of the molecule is CCC(C)C1C(=O)N(C)C(C)C(=O)N(C)CC(=O)N(C)C(CC(C)C)C(=O)N2CCCC2C(=O)N(C)C(Cc2ccc(OC)cc2)C(=O)NC(C)C(=O)N(C)C(C(C)C)C(=O)N(C)C(CC(C)C)C(=O)N1C. The van der Waals surface area contributed by atoms with E-state index in [1.165, 1.54) is 103 Å². The lowest BCUT2D eigenvalue weighted by Gasteiger charge is -2.41. The number of likely N-dealkylation sites (N-methyl/N-ethyl adjacent to an activating group) is 7. The highest BCUT2D eigenvalue weighted by Crippen LogP contribution is 2.27. The summed E-state index contributed by atoms with van der Waals surface area (Å²) in [5, 5.41) is 2.83. The fourth-order valence-electron chi connectivity index (χ4n) is 9.91. The zero-order valence-electron chi connectivity index (χ0n) is 46.6. The Bertz CT molecular complexity index is 2100. The number of hydrogen-bond donors (Lipinski definition) is 1. The van der Waals surface area contributed by atoms with Crippen molar-refractivity contribution in [3.05, 3.63) is 29.8 Å². The second kappa shape index (κ2) is 26.3. The smallest absolute Gasteiger partial charge is 0.246 e. The van der Waals surface area contributed by atoms with Crippen LogP contribution in [0.4, 0.5) is 0 Å². The maximum atomic E-state index is 14.9. The minimum Gasteiger partial charge on any atom is -0.497 e. The number of carbonyl (C=O) groups is 9. The first-order chi connectivity index (χ1) is 33.5. The maximum absolute atomic E-state index is 14.9. The minimum absolute atomic E-state index is 0.0322. The number of carbonyl (C=O) groups excluding carboxylic acids is 9. The molecule has 0 radical (unpaired) electrons. The van der Waals surface area contributed by atoms with Crippen molar-refractivity contribution in [3.63, 3.8) is 0 Å². The van der Waals surface area contributed by atoms with E-state index in [-0.39, 0.29) is 43.6 Å². The van der Waals surface area contributed by atoms with Gasteiger partial charge < -0.3 is 49.3 Å². The van der Waals surface area contributed by atoms with Gasteiger partial charge in [-0.25, -0.2) is 0 Å². The molecular formula is C53H87N9O10. The van der Waals surface area contributed by atoms with Crippen molar-refractivity contribution < 1.29 is 47.9 Å². The number of nitrogens with zero attached hydrogens (tertiary/aromatic N) is 8. The predicted octanol–water partition coefficient (Wildman–Crippen LogP) is 2.98. The van der Waals surface area contributed by atoms with E-state index < -0.39 is 114 Å². The van der Waals surface area contributed by atoms with Crippen molar-refractivity contribution in [1.29, 1.82) is 0 Å². The van der Waals surface area contributed by atoms with Gasteiger partial charge in [0.25, 0.3) is 0 Å². The van der Waals surface area contributed by atoms with E-state index in [0.717, 1.165) is 0 Å². The van der Waals surface area contributed by atoms with Gasteiger partial charge in [0.05, 0.1) is 13.7 Å². The van der Waals surface area contributed by atoms with Crippen LogP contribution in [0, 0.1) is 23.7 Å². The van der Waals surface area contributed by atoms with Gasteiger partial charge in [-0.15, -0.1) is 0 Å². The molecular weight excluding hydrogens is 923 g/mol.